The summed E-state index contributed by atoms with van der Waals surface area (Å²) in [5, 5.41) is 2.85. The molecule has 1 heterocycles. The number of carbonyl (C=O) groups is 1. The lowest BCUT2D eigenvalue weighted by Gasteiger charge is -2.07. The van der Waals surface area contributed by atoms with Gasteiger partial charge in [0, 0.05) is 6.54 Å². The molecule has 0 saturated carbocycles. The van der Waals surface area contributed by atoms with E-state index >= 15 is 0 Å². The number of hydrogen-bond acceptors (Lipinski definition) is 4. The van der Waals surface area contributed by atoms with Crippen LogP contribution in [-0.4, -0.2) is 24.5 Å². The van der Waals surface area contributed by atoms with E-state index in [1.165, 1.54) is 6.39 Å². The van der Waals surface area contributed by atoms with Gasteiger partial charge in [0.2, 0.25) is 5.76 Å². The predicted molar refractivity (Wildman–Crippen MR) is 79.6 cm³/mol. The highest BCUT2D eigenvalue weighted by atomic mass is 16.5. The fourth-order valence-corrected chi connectivity index (χ4v) is 2.06. The number of amides is 1. The Bertz CT molecular complexity index is 605. The Morgan fingerprint density at radius 1 is 1.43 bits per heavy atom. The molecule has 0 fully saturated rings. The van der Waals surface area contributed by atoms with Crippen molar-refractivity contribution in [3.63, 3.8) is 0 Å². The van der Waals surface area contributed by atoms with Crippen LogP contribution in [0, 0.1) is 0 Å². The molecule has 0 saturated heterocycles. The summed E-state index contributed by atoms with van der Waals surface area (Å²) in [5.41, 5.74) is 1.80. The van der Waals surface area contributed by atoms with Crippen molar-refractivity contribution >= 4 is 5.91 Å². The highest BCUT2D eigenvalue weighted by Crippen LogP contribution is 2.17. The molecule has 2 rings (SSSR count). The topological polar surface area (TPSA) is 64.4 Å². The van der Waals surface area contributed by atoms with Gasteiger partial charge in [-0.25, -0.2) is 4.98 Å². The average molecular weight is 288 g/mol. The molecular formula is C16H20N2O3. The zero-order valence-corrected chi connectivity index (χ0v) is 12.6. The minimum atomic E-state index is -0.223. The number of oxazole rings is 1. The molecule has 0 radical (unpaired) electrons. The molecule has 2 aromatic rings. The zero-order valence-electron chi connectivity index (χ0n) is 12.6. The third-order valence-corrected chi connectivity index (χ3v) is 3.18. The Kier molecular flexibility index (Phi) is 4.98. The molecule has 21 heavy (non-hydrogen) atoms. The highest BCUT2D eigenvalue weighted by Gasteiger charge is 2.18. The molecule has 0 spiro atoms. The molecule has 0 aliphatic carbocycles. The molecule has 1 amide bonds. The van der Waals surface area contributed by atoms with Crippen molar-refractivity contribution < 1.29 is 13.9 Å². The van der Waals surface area contributed by atoms with Crippen LogP contribution in [0.3, 0.4) is 0 Å². The quantitative estimate of drug-likeness (QED) is 0.887. The molecule has 0 bridgehead atoms. The summed E-state index contributed by atoms with van der Waals surface area (Å²) < 4.78 is 10.4. The van der Waals surface area contributed by atoms with Crippen molar-refractivity contribution in [2.24, 2.45) is 0 Å². The molecule has 0 atom stereocenters. The number of nitrogens with one attached hydrogen (secondary N) is 1. The number of methoxy groups -OCH3 is 1. The summed E-state index contributed by atoms with van der Waals surface area (Å²) in [6, 6.07) is 7.79. The smallest absolute Gasteiger partial charge is 0.289 e. The second kappa shape index (κ2) is 6.92. The van der Waals surface area contributed by atoms with Gasteiger partial charge in [0.15, 0.2) is 6.39 Å². The lowest BCUT2D eigenvalue weighted by molar-refractivity contribution is 0.0924. The van der Waals surface area contributed by atoms with Gasteiger partial charge in [0.25, 0.3) is 5.91 Å². The van der Waals surface area contributed by atoms with E-state index in [1.807, 2.05) is 38.1 Å². The molecule has 1 aromatic heterocycles. The number of benzene rings is 1. The molecule has 0 aliphatic heterocycles. The Labute approximate surface area is 124 Å². The van der Waals surface area contributed by atoms with Crippen LogP contribution in [0.15, 0.2) is 35.1 Å². The number of ether oxygens (including phenoxy) is 1. The standard InChI is InChI=1S/C16H20N2O3/c1-11(2)14-15(21-10-18-14)16(19)17-8-7-12-5-4-6-13(9-12)20-3/h4-6,9-11H,7-8H2,1-3H3,(H,17,19). The van der Waals surface area contributed by atoms with E-state index in [0.717, 1.165) is 17.7 Å². The number of rotatable bonds is 6. The summed E-state index contributed by atoms with van der Waals surface area (Å²) in [6.45, 7) is 4.49. The molecule has 0 aliphatic rings. The SMILES string of the molecule is COc1cccc(CCNC(=O)c2ocnc2C(C)C)c1. The van der Waals surface area contributed by atoms with E-state index in [9.17, 15) is 4.79 Å². The van der Waals surface area contributed by atoms with Crippen LogP contribution in [0.25, 0.3) is 0 Å². The second-order valence-electron chi connectivity index (χ2n) is 5.08. The molecule has 5 nitrogen and oxygen atoms in total. The normalized spacial score (nSPS) is 10.7. The van der Waals surface area contributed by atoms with Crippen LogP contribution in [-0.2, 0) is 6.42 Å². The van der Waals surface area contributed by atoms with E-state index in [2.05, 4.69) is 10.3 Å². The molecule has 1 N–H and O–H groups in total. The van der Waals surface area contributed by atoms with E-state index < -0.39 is 0 Å². The van der Waals surface area contributed by atoms with Crippen molar-refractivity contribution in [3.8, 4) is 5.75 Å². The first-order valence-corrected chi connectivity index (χ1v) is 6.96. The van der Waals surface area contributed by atoms with Crippen molar-refractivity contribution in [1.29, 1.82) is 0 Å². The van der Waals surface area contributed by atoms with E-state index in [0.29, 0.717) is 18.0 Å². The van der Waals surface area contributed by atoms with Crippen molar-refractivity contribution in [1.82, 2.24) is 10.3 Å². The van der Waals surface area contributed by atoms with E-state index in [-0.39, 0.29) is 11.8 Å². The van der Waals surface area contributed by atoms with Gasteiger partial charge >= 0.3 is 0 Å². The number of carbonyl (C=O) groups excluding carboxylic acids is 1. The Balaban J connectivity index is 1.91. The summed E-state index contributed by atoms with van der Waals surface area (Å²) in [7, 11) is 1.64. The van der Waals surface area contributed by atoms with Crippen LogP contribution in [0.2, 0.25) is 0 Å². The van der Waals surface area contributed by atoms with Gasteiger partial charge in [0.05, 0.1) is 12.8 Å². The maximum absolute atomic E-state index is 12.1. The van der Waals surface area contributed by atoms with Gasteiger partial charge in [0.1, 0.15) is 5.75 Å². The van der Waals surface area contributed by atoms with Crippen molar-refractivity contribution in [3.05, 3.63) is 47.7 Å². The van der Waals surface area contributed by atoms with Crippen LogP contribution >= 0.6 is 0 Å². The van der Waals surface area contributed by atoms with Gasteiger partial charge in [-0.1, -0.05) is 26.0 Å². The molecule has 112 valence electrons. The maximum Gasteiger partial charge on any atom is 0.289 e. The number of hydrogen-bond donors (Lipinski definition) is 1. The zero-order chi connectivity index (χ0) is 15.2. The third kappa shape index (κ3) is 3.84. The fourth-order valence-electron chi connectivity index (χ4n) is 2.06. The van der Waals surface area contributed by atoms with Crippen molar-refractivity contribution in [2.45, 2.75) is 26.2 Å². The minimum Gasteiger partial charge on any atom is -0.497 e. The summed E-state index contributed by atoms with van der Waals surface area (Å²) >= 11 is 0. The third-order valence-electron chi connectivity index (χ3n) is 3.18. The number of nitrogens with zero attached hydrogens (tertiary/aromatic N) is 1. The van der Waals surface area contributed by atoms with Gasteiger partial charge in [-0.15, -0.1) is 0 Å². The van der Waals surface area contributed by atoms with Crippen LogP contribution < -0.4 is 10.1 Å². The van der Waals surface area contributed by atoms with Crippen molar-refractivity contribution in [2.75, 3.05) is 13.7 Å². The molecule has 0 unspecified atom stereocenters. The van der Waals surface area contributed by atoms with E-state index in [1.54, 1.807) is 7.11 Å². The van der Waals surface area contributed by atoms with Crippen LogP contribution in [0.4, 0.5) is 0 Å². The molecule has 1 aromatic carbocycles. The summed E-state index contributed by atoms with van der Waals surface area (Å²) in [6.07, 6.45) is 2.04. The largest absolute Gasteiger partial charge is 0.497 e. The maximum atomic E-state index is 12.1. The summed E-state index contributed by atoms with van der Waals surface area (Å²) in [5.74, 6) is 1.05. The second-order valence-corrected chi connectivity index (χ2v) is 5.08. The van der Waals surface area contributed by atoms with Crippen LogP contribution in [0.5, 0.6) is 5.75 Å². The first kappa shape index (κ1) is 15.1. The van der Waals surface area contributed by atoms with Gasteiger partial charge in [-0.2, -0.15) is 0 Å². The lowest BCUT2D eigenvalue weighted by Crippen LogP contribution is -2.26. The average Bonchev–Trinajstić information content (AvgIpc) is 2.97. The monoisotopic (exact) mass is 288 g/mol. The number of aromatic nitrogens is 1. The van der Waals surface area contributed by atoms with E-state index in [4.69, 9.17) is 9.15 Å². The van der Waals surface area contributed by atoms with Crippen LogP contribution in [0.1, 0.15) is 41.6 Å². The Hall–Kier alpha value is -2.30. The lowest BCUT2D eigenvalue weighted by atomic mass is 10.1. The molecule has 5 heteroatoms. The summed E-state index contributed by atoms with van der Waals surface area (Å²) in [4.78, 5) is 16.2. The van der Waals surface area contributed by atoms with Gasteiger partial charge < -0.3 is 14.5 Å². The predicted octanol–water partition coefficient (Wildman–Crippen LogP) is 2.78. The molecular weight excluding hydrogens is 268 g/mol. The first-order valence-electron chi connectivity index (χ1n) is 6.96. The van der Waals surface area contributed by atoms with Gasteiger partial charge in [-0.05, 0) is 30.0 Å². The highest BCUT2D eigenvalue weighted by molar-refractivity contribution is 5.92. The minimum absolute atomic E-state index is 0.155. The van der Waals surface area contributed by atoms with Gasteiger partial charge in [-0.3, -0.25) is 4.79 Å². The fraction of sp³-hybridized carbons (Fsp3) is 0.375. The Morgan fingerprint density at radius 2 is 2.24 bits per heavy atom. The first-order chi connectivity index (χ1) is 10.1. The Morgan fingerprint density at radius 3 is 2.95 bits per heavy atom.